The van der Waals surface area contributed by atoms with Crippen molar-refractivity contribution < 1.29 is 54.4 Å². The van der Waals surface area contributed by atoms with Crippen molar-refractivity contribution in [2.75, 3.05) is 11.4 Å². The van der Waals surface area contributed by atoms with Gasteiger partial charge in [0.15, 0.2) is 22.2 Å². The number of alkyl halides is 6. The van der Waals surface area contributed by atoms with Crippen molar-refractivity contribution in [3.8, 4) is 11.1 Å². The van der Waals surface area contributed by atoms with Crippen molar-refractivity contribution >= 4 is 27.4 Å². The van der Waals surface area contributed by atoms with Crippen LogP contribution in [0.15, 0.2) is 78.0 Å². The zero-order valence-corrected chi connectivity index (χ0v) is 23.1. The molecule has 1 aliphatic rings. The van der Waals surface area contributed by atoms with Gasteiger partial charge < -0.3 is 14.8 Å². The summed E-state index contributed by atoms with van der Waals surface area (Å²) in [5.74, 6) is -3.76. The first-order chi connectivity index (χ1) is 19.4. The Kier molecular flexibility index (Phi) is 9.40. The molecular weight excluding hydrogens is 590 g/mol. The lowest BCUT2D eigenvalue weighted by Gasteiger charge is -2.39. The standard InChI is InChI=1S/C26H25F3N2O3S.C2HF3O2/c1-25(2,35(33,34)23-7-3-6-21(15-23)26(27,28)29)20-12-14-31(24(32)16-20)22-10-8-18(9-11-22)19-5-4-13-30-17-19;3-2(4,5)1(6)7/h3-11,13,15,17,20H,12,14,16H2,1-2H3;(H,6,7)/t20-;/m0./s1. The highest BCUT2D eigenvalue weighted by molar-refractivity contribution is 7.92. The predicted octanol–water partition coefficient (Wildman–Crippen LogP) is 4.48. The number of carbonyl (C=O) groups is 2. The van der Waals surface area contributed by atoms with Crippen LogP contribution in [0, 0.1) is 5.92 Å². The second-order valence-corrected chi connectivity index (χ2v) is 12.5. The number of nitrogens with one attached hydrogen (secondary N) is 1. The Bertz CT molecular complexity index is 1520. The summed E-state index contributed by atoms with van der Waals surface area (Å²) in [6, 6.07) is 15.2. The van der Waals surface area contributed by atoms with Crippen LogP contribution in [-0.2, 0) is 25.6 Å². The van der Waals surface area contributed by atoms with Crippen LogP contribution in [-0.4, -0.2) is 37.8 Å². The van der Waals surface area contributed by atoms with Gasteiger partial charge in [0.1, 0.15) is 5.97 Å². The Morgan fingerprint density at radius 1 is 0.952 bits per heavy atom. The molecule has 2 aromatic carbocycles. The number of nitrogens with zero attached hydrogens (tertiary/aromatic N) is 1. The van der Waals surface area contributed by atoms with Crippen molar-refractivity contribution in [2.45, 2.75) is 48.7 Å². The molecule has 7 nitrogen and oxygen atoms in total. The van der Waals surface area contributed by atoms with Crippen molar-refractivity contribution in [3.63, 3.8) is 0 Å². The number of aliphatic carboxylic acids is 1. The molecule has 14 heteroatoms. The third-order valence-electron chi connectivity index (χ3n) is 7.02. The van der Waals surface area contributed by atoms with Gasteiger partial charge in [0, 0.05) is 30.3 Å². The molecule has 0 saturated carbocycles. The molecule has 0 radical (unpaired) electrons. The van der Waals surface area contributed by atoms with E-state index in [4.69, 9.17) is 9.90 Å². The minimum absolute atomic E-state index is 0.0133. The van der Waals surface area contributed by atoms with E-state index in [1.165, 1.54) is 19.9 Å². The molecule has 226 valence electrons. The summed E-state index contributed by atoms with van der Waals surface area (Å²) in [7, 11) is -4.14. The van der Waals surface area contributed by atoms with Crippen LogP contribution in [0.1, 0.15) is 32.3 Å². The van der Waals surface area contributed by atoms with E-state index in [0.29, 0.717) is 19.0 Å². The second kappa shape index (κ2) is 12.1. The van der Waals surface area contributed by atoms with E-state index in [1.54, 1.807) is 4.90 Å². The molecule has 1 aliphatic heterocycles. The molecule has 2 heterocycles. The van der Waals surface area contributed by atoms with Crippen molar-refractivity contribution in [3.05, 3.63) is 78.6 Å². The molecule has 1 atom stereocenters. The van der Waals surface area contributed by atoms with Gasteiger partial charge in [-0.2, -0.15) is 26.3 Å². The van der Waals surface area contributed by atoms with Crippen LogP contribution in [0.3, 0.4) is 0 Å². The quantitative estimate of drug-likeness (QED) is 0.393. The SMILES string of the molecule is CC(C)([C@H]1CCN(c2ccc(-c3ccc[nH+]c3)cc2)C(=O)C1)S(=O)(=O)c1cccc(C(F)(F)F)c1.O=C([O-])C(F)(F)F. The average Bonchev–Trinajstić information content (AvgIpc) is 2.93. The Balaban J connectivity index is 0.000000616. The first kappa shape index (κ1) is 32.6. The molecule has 3 aromatic rings. The van der Waals surface area contributed by atoms with E-state index in [2.05, 4.69) is 4.98 Å². The highest BCUT2D eigenvalue weighted by Gasteiger charge is 2.46. The summed E-state index contributed by atoms with van der Waals surface area (Å²) in [6.45, 7) is 3.30. The van der Waals surface area contributed by atoms with E-state index in [0.717, 1.165) is 28.9 Å². The number of halogens is 6. The normalized spacial score (nSPS) is 16.4. The van der Waals surface area contributed by atoms with Crippen LogP contribution in [0.2, 0.25) is 0 Å². The molecule has 42 heavy (non-hydrogen) atoms. The number of sulfone groups is 1. The first-order valence-electron chi connectivity index (χ1n) is 12.4. The minimum atomic E-state index is -5.19. The largest absolute Gasteiger partial charge is 0.542 e. The topological polar surface area (TPSA) is 109 Å². The van der Waals surface area contributed by atoms with Gasteiger partial charge in [-0.15, -0.1) is 0 Å². The highest BCUT2D eigenvalue weighted by Crippen LogP contribution is 2.40. The number of carbonyl (C=O) groups excluding carboxylic acids is 2. The number of aromatic amines is 1. The molecule has 4 rings (SSSR count). The number of carboxylic acids is 1. The van der Waals surface area contributed by atoms with Gasteiger partial charge in [-0.25, -0.2) is 13.4 Å². The summed E-state index contributed by atoms with van der Waals surface area (Å²) in [5, 5.41) is 8.78. The lowest BCUT2D eigenvalue weighted by Crippen LogP contribution is -2.48. The highest BCUT2D eigenvalue weighted by atomic mass is 32.2. The number of aromatic nitrogens is 1. The number of amides is 1. The molecule has 0 bridgehead atoms. The van der Waals surface area contributed by atoms with E-state index in [1.807, 2.05) is 48.8 Å². The van der Waals surface area contributed by atoms with Gasteiger partial charge in [0.05, 0.1) is 15.2 Å². The maximum atomic E-state index is 13.4. The number of benzene rings is 2. The summed E-state index contributed by atoms with van der Waals surface area (Å²) < 4.78 is 96.3. The van der Waals surface area contributed by atoms with Crippen LogP contribution < -0.4 is 15.0 Å². The van der Waals surface area contributed by atoms with Gasteiger partial charge in [0.2, 0.25) is 5.91 Å². The van der Waals surface area contributed by atoms with Crippen LogP contribution in [0.5, 0.6) is 0 Å². The van der Waals surface area contributed by atoms with E-state index in [9.17, 15) is 39.6 Å². The molecule has 1 N–H and O–H groups in total. The lowest BCUT2D eigenvalue weighted by molar-refractivity contribution is -0.377. The average molecular weight is 617 g/mol. The number of H-pyrrole nitrogens is 1. The third kappa shape index (κ3) is 7.27. The smallest absolute Gasteiger partial charge is 0.430 e. The fourth-order valence-corrected chi connectivity index (χ4v) is 6.26. The van der Waals surface area contributed by atoms with Gasteiger partial charge >= 0.3 is 12.4 Å². The molecule has 1 aromatic heterocycles. The number of pyridine rings is 1. The minimum Gasteiger partial charge on any atom is -0.542 e. The maximum Gasteiger partial charge on any atom is 0.430 e. The Morgan fingerprint density at radius 2 is 1.57 bits per heavy atom. The number of piperidine rings is 1. The Morgan fingerprint density at radius 3 is 2.07 bits per heavy atom. The van der Waals surface area contributed by atoms with Gasteiger partial charge in [-0.05, 0) is 68.1 Å². The van der Waals surface area contributed by atoms with Gasteiger partial charge in [0.25, 0.3) is 0 Å². The molecule has 0 unspecified atom stereocenters. The maximum absolute atomic E-state index is 13.4. The van der Waals surface area contributed by atoms with Crippen molar-refractivity contribution in [2.24, 2.45) is 5.92 Å². The number of hydrogen-bond acceptors (Lipinski definition) is 5. The third-order valence-corrected chi connectivity index (χ3v) is 9.61. The number of hydrogen-bond donors (Lipinski definition) is 0. The summed E-state index contributed by atoms with van der Waals surface area (Å²) >= 11 is 0. The van der Waals surface area contributed by atoms with E-state index >= 15 is 0 Å². The van der Waals surface area contributed by atoms with Gasteiger partial charge in [-0.1, -0.05) is 18.2 Å². The summed E-state index contributed by atoms with van der Waals surface area (Å²) in [5.41, 5.74) is 1.69. The molecular formula is C28H26F6N2O5S. The zero-order chi connectivity index (χ0) is 31.5. The van der Waals surface area contributed by atoms with Crippen molar-refractivity contribution in [1.82, 2.24) is 0 Å². The van der Waals surface area contributed by atoms with Crippen molar-refractivity contribution in [1.29, 1.82) is 0 Å². The molecule has 1 amide bonds. The predicted molar refractivity (Wildman–Crippen MR) is 137 cm³/mol. The monoisotopic (exact) mass is 616 g/mol. The first-order valence-corrected chi connectivity index (χ1v) is 13.9. The van der Waals surface area contributed by atoms with Crippen LogP contribution >= 0.6 is 0 Å². The molecule has 0 spiro atoms. The number of rotatable bonds is 5. The fourth-order valence-electron chi connectivity index (χ4n) is 4.47. The number of carboxylic acid groups (broad SMARTS) is 1. The van der Waals surface area contributed by atoms with E-state index in [-0.39, 0.29) is 17.2 Å². The Labute approximate surface area is 237 Å². The second-order valence-electron chi connectivity index (χ2n) is 9.99. The summed E-state index contributed by atoms with van der Waals surface area (Å²) in [6.07, 6.45) is -5.76. The van der Waals surface area contributed by atoms with Crippen LogP contribution in [0.4, 0.5) is 32.0 Å². The fraction of sp³-hybridized carbons (Fsp3) is 0.321. The molecule has 1 fully saturated rings. The zero-order valence-electron chi connectivity index (χ0n) is 22.3. The lowest BCUT2D eigenvalue weighted by atomic mass is 9.85. The van der Waals surface area contributed by atoms with E-state index < -0.39 is 44.4 Å². The molecule has 1 saturated heterocycles. The van der Waals surface area contributed by atoms with Gasteiger partial charge in [-0.3, -0.25) is 4.79 Å². The van der Waals surface area contributed by atoms with Crippen LogP contribution in [0.25, 0.3) is 11.1 Å². The Hall–Kier alpha value is -3.94. The summed E-state index contributed by atoms with van der Waals surface area (Å²) in [4.78, 5) is 26.1. The number of anilines is 1. The molecule has 0 aliphatic carbocycles.